The van der Waals surface area contributed by atoms with E-state index in [-0.39, 0.29) is 18.3 Å². The molecule has 2 saturated heterocycles. The zero-order chi connectivity index (χ0) is 18.5. The molecule has 0 spiro atoms. The van der Waals surface area contributed by atoms with Crippen molar-refractivity contribution in [1.29, 1.82) is 0 Å². The van der Waals surface area contributed by atoms with Crippen LogP contribution in [0.25, 0.3) is 0 Å². The smallest absolute Gasteiger partial charge is 0.225 e. The molecule has 3 rings (SSSR count). The van der Waals surface area contributed by atoms with E-state index >= 15 is 0 Å². The van der Waals surface area contributed by atoms with Gasteiger partial charge in [0.25, 0.3) is 0 Å². The average Bonchev–Trinajstić information content (AvgIpc) is 2.67. The third-order valence-corrected chi connectivity index (χ3v) is 5.47. The molecule has 1 amide bonds. The first-order valence-corrected chi connectivity index (χ1v) is 9.55. The van der Waals surface area contributed by atoms with Gasteiger partial charge in [-0.1, -0.05) is 0 Å². The lowest BCUT2D eigenvalue weighted by atomic mass is 9.92. The van der Waals surface area contributed by atoms with Crippen LogP contribution >= 0.6 is 12.4 Å². The van der Waals surface area contributed by atoms with Crippen LogP contribution in [-0.2, 0) is 11.3 Å². The number of nitrogens with zero attached hydrogens (tertiary/aromatic N) is 2. The summed E-state index contributed by atoms with van der Waals surface area (Å²) in [4.78, 5) is 17.2. The van der Waals surface area contributed by atoms with Crippen LogP contribution in [0.2, 0.25) is 0 Å². The van der Waals surface area contributed by atoms with Crippen LogP contribution in [0.5, 0.6) is 11.5 Å². The van der Waals surface area contributed by atoms with Gasteiger partial charge in [0.05, 0.1) is 14.2 Å². The lowest BCUT2D eigenvalue weighted by Gasteiger charge is -2.38. The fraction of sp³-hybridized carbons (Fsp3) is 0.650. The third-order valence-electron chi connectivity index (χ3n) is 5.47. The highest BCUT2D eigenvalue weighted by molar-refractivity contribution is 5.85. The molecule has 0 aromatic heterocycles. The number of piperidine rings is 1. The first-order chi connectivity index (χ1) is 12.6. The summed E-state index contributed by atoms with van der Waals surface area (Å²) >= 11 is 0. The van der Waals surface area contributed by atoms with Gasteiger partial charge in [0, 0.05) is 50.7 Å². The summed E-state index contributed by atoms with van der Waals surface area (Å²) in [5.41, 5.74) is 1.17. The van der Waals surface area contributed by atoms with Gasteiger partial charge in [-0.25, -0.2) is 0 Å². The Hall–Kier alpha value is -1.50. The van der Waals surface area contributed by atoms with Crippen molar-refractivity contribution in [3.63, 3.8) is 0 Å². The van der Waals surface area contributed by atoms with Crippen molar-refractivity contribution in [3.8, 4) is 11.5 Å². The van der Waals surface area contributed by atoms with Crippen LogP contribution in [0.3, 0.4) is 0 Å². The second-order valence-electron chi connectivity index (χ2n) is 7.40. The SMILES string of the molecule is COc1cc(CN2CCN(C(=O)[C@H]3CCN[C@@H](C)C3)CC2)cc(OC)c1.Cl. The molecule has 0 bridgehead atoms. The number of hydrogen-bond acceptors (Lipinski definition) is 5. The Morgan fingerprint density at radius 1 is 1.11 bits per heavy atom. The Morgan fingerprint density at radius 3 is 2.30 bits per heavy atom. The van der Waals surface area contributed by atoms with Crippen molar-refractivity contribution >= 4 is 18.3 Å². The molecule has 1 N–H and O–H groups in total. The van der Waals surface area contributed by atoms with Crippen molar-refractivity contribution < 1.29 is 14.3 Å². The highest BCUT2D eigenvalue weighted by Gasteiger charge is 2.30. The molecule has 2 fully saturated rings. The zero-order valence-electron chi connectivity index (χ0n) is 16.6. The van der Waals surface area contributed by atoms with Gasteiger partial charge in [0.15, 0.2) is 0 Å². The predicted molar refractivity (Wildman–Crippen MR) is 109 cm³/mol. The number of hydrogen-bond donors (Lipinski definition) is 1. The Balaban J connectivity index is 0.00000261. The lowest BCUT2D eigenvalue weighted by molar-refractivity contribution is -0.138. The van der Waals surface area contributed by atoms with E-state index in [1.54, 1.807) is 14.2 Å². The van der Waals surface area contributed by atoms with Crippen molar-refractivity contribution in [2.45, 2.75) is 32.4 Å². The number of carbonyl (C=O) groups is 1. The Morgan fingerprint density at radius 2 is 1.74 bits per heavy atom. The Kier molecular flexibility index (Phi) is 8.20. The molecule has 6 nitrogen and oxygen atoms in total. The van der Waals surface area contributed by atoms with E-state index in [9.17, 15) is 4.79 Å². The molecule has 2 heterocycles. The van der Waals surface area contributed by atoms with Crippen LogP contribution < -0.4 is 14.8 Å². The standard InChI is InChI=1S/C20H31N3O3.ClH/c1-15-10-17(4-5-21-15)20(24)23-8-6-22(7-9-23)14-16-11-18(25-2)13-19(12-16)26-3;/h11-13,15,17,21H,4-10,14H2,1-3H3;1H/t15-,17-;/m0./s1. The summed E-state index contributed by atoms with van der Waals surface area (Å²) in [6.45, 7) is 7.42. The summed E-state index contributed by atoms with van der Waals surface area (Å²) in [6, 6.07) is 6.44. The fourth-order valence-electron chi connectivity index (χ4n) is 3.96. The molecule has 0 aliphatic carbocycles. The van der Waals surface area contributed by atoms with E-state index in [0.29, 0.717) is 11.9 Å². The van der Waals surface area contributed by atoms with Crippen LogP contribution in [0.1, 0.15) is 25.3 Å². The van der Waals surface area contributed by atoms with Crippen molar-refractivity contribution in [2.24, 2.45) is 5.92 Å². The number of amides is 1. The minimum Gasteiger partial charge on any atom is -0.497 e. The normalized spacial score (nSPS) is 23.4. The van der Waals surface area contributed by atoms with Gasteiger partial charge in [0.2, 0.25) is 5.91 Å². The second kappa shape index (κ2) is 10.2. The number of benzene rings is 1. The molecule has 2 aliphatic rings. The molecular formula is C20H32ClN3O3. The third kappa shape index (κ3) is 5.74. The van der Waals surface area contributed by atoms with Crippen molar-refractivity contribution in [1.82, 2.24) is 15.1 Å². The van der Waals surface area contributed by atoms with Crippen molar-refractivity contribution in [3.05, 3.63) is 23.8 Å². The summed E-state index contributed by atoms with van der Waals surface area (Å²) in [6.07, 6.45) is 1.93. The maximum Gasteiger partial charge on any atom is 0.225 e. The first-order valence-electron chi connectivity index (χ1n) is 9.55. The molecule has 2 atom stereocenters. The number of piperazine rings is 1. The predicted octanol–water partition coefficient (Wildman–Crippen LogP) is 2.16. The van der Waals surface area contributed by atoms with E-state index in [4.69, 9.17) is 9.47 Å². The molecule has 152 valence electrons. The van der Waals surface area contributed by atoms with Gasteiger partial charge in [-0.15, -0.1) is 12.4 Å². The number of methoxy groups -OCH3 is 2. The first kappa shape index (κ1) is 21.8. The quantitative estimate of drug-likeness (QED) is 0.825. The highest BCUT2D eigenvalue weighted by Crippen LogP contribution is 2.24. The van der Waals surface area contributed by atoms with Crippen molar-refractivity contribution in [2.75, 3.05) is 46.9 Å². The monoisotopic (exact) mass is 397 g/mol. The number of ether oxygens (including phenoxy) is 2. The molecule has 27 heavy (non-hydrogen) atoms. The summed E-state index contributed by atoms with van der Waals surface area (Å²) < 4.78 is 10.7. The lowest BCUT2D eigenvalue weighted by Crippen LogP contribution is -2.51. The maximum absolute atomic E-state index is 12.8. The molecule has 0 unspecified atom stereocenters. The van der Waals surface area contributed by atoms with Crippen LogP contribution in [0.15, 0.2) is 18.2 Å². The molecule has 2 aliphatic heterocycles. The maximum atomic E-state index is 12.8. The number of rotatable bonds is 5. The molecule has 7 heteroatoms. The van der Waals surface area contributed by atoms with Crippen LogP contribution in [0, 0.1) is 5.92 Å². The summed E-state index contributed by atoms with van der Waals surface area (Å²) in [5, 5.41) is 3.42. The van der Waals surface area contributed by atoms with E-state index in [1.165, 1.54) is 5.56 Å². The van der Waals surface area contributed by atoms with E-state index in [0.717, 1.165) is 63.6 Å². The number of carbonyl (C=O) groups excluding carboxylic acids is 1. The molecule has 0 saturated carbocycles. The Bertz CT molecular complexity index is 598. The summed E-state index contributed by atoms with van der Waals surface area (Å²) in [7, 11) is 3.34. The van der Waals surface area contributed by atoms with E-state index in [1.807, 2.05) is 6.07 Å². The van der Waals surface area contributed by atoms with Gasteiger partial charge in [0.1, 0.15) is 11.5 Å². The molecule has 1 aromatic carbocycles. The minimum absolute atomic E-state index is 0. The highest BCUT2D eigenvalue weighted by atomic mass is 35.5. The van der Waals surface area contributed by atoms with Gasteiger partial charge < -0.3 is 19.7 Å². The minimum atomic E-state index is 0. The largest absolute Gasteiger partial charge is 0.497 e. The van der Waals surface area contributed by atoms with Gasteiger partial charge in [-0.2, -0.15) is 0 Å². The van der Waals surface area contributed by atoms with Crippen LogP contribution in [0.4, 0.5) is 0 Å². The molecular weight excluding hydrogens is 366 g/mol. The van der Waals surface area contributed by atoms with Gasteiger partial charge in [-0.3, -0.25) is 9.69 Å². The Labute approximate surface area is 168 Å². The molecule has 1 aromatic rings. The van der Waals surface area contributed by atoms with E-state index < -0.39 is 0 Å². The summed E-state index contributed by atoms with van der Waals surface area (Å²) in [5.74, 6) is 2.17. The van der Waals surface area contributed by atoms with E-state index in [2.05, 4.69) is 34.2 Å². The van der Waals surface area contributed by atoms with Gasteiger partial charge >= 0.3 is 0 Å². The van der Waals surface area contributed by atoms with Gasteiger partial charge in [-0.05, 0) is 44.0 Å². The molecule has 0 radical (unpaired) electrons. The second-order valence-corrected chi connectivity index (χ2v) is 7.40. The van der Waals surface area contributed by atoms with Crippen LogP contribution in [-0.4, -0.2) is 68.7 Å². The average molecular weight is 398 g/mol. The fourth-order valence-corrected chi connectivity index (χ4v) is 3.96. The number of nitrogens with one attached hydrogen (secondary N) is 1. The number of halogens is 1. The zero-order valence-corrected chi connectivity index (χ0v) is 17.4. The topological polar surface area (TPSA) is 54.0 Å².